The lowest BCUT2D eigenvalue weighted by molar-refractivity contribution is -0.385. The van der Waals surface area contributed by atoms with Crippen LogP contribution in [0.15, 0.2) is 48.5 Å². The number of carboxylic acids is 1. The highest BCUT2D eigenvalue weighted by molar-refractivity contribution is 7.14. The van der Waals surface area contributed by atoms with Crippen LogP contribution in [-0.4, -0.2) is 15.9 Å². The van der Waals surface area contributed by atoms with Crippen molar-refractivity contribution in [1.29, 1.82) is 0 Å². The Hall–Kier alpha value is -3.32. The molecule has 3 rings (SSSR count). The molecule has 1 heterocycles. The largest absolute Gasteiger partial charge is 0.544 e. The molecule has 0 atom stereocenters. The molecule has 1 aromatic heterocycles. The summed E-state index contributed by atoms with van der Waals surface area (Å²) in [5.74, 6) is -1.29. The van der Waals surface area contributed by atoms with Crippen molar-refractivity contribution in [2.75, 3.05) is 0 Å². The van der Waals surface area contributed by atoms with Crippen molar-refractivity contribution in [3.05, 3.63) is 79.7 Å². The quantitative estimate of drug-likeness (QED) is 0.509. The summed E-state index contributed by atoms with van der Waals surface area (Å²) in [5.41, 5.74) is 2.28. The number of carbonyl (C=O) groups is 1. The third-order valence-corrected chi connectivity index (χ3v) is 4.73. The lowest BCUT2D eigenvalue weighted by Crippen LogP contribution is -2.21. The smallest absolute Gasteiger partial charge is 0.272 e. The van der Waals surface area contributed by atoms with Crippen LogP contribution in [0.3, 0.4) is 0 Å². The molecule has 0 radical (unpaired) electrons. The first-order chi connectivity index (χ1) is 12.5. The van der Waals surface area contributed by atoms with Gasteiger partial charge in [0.05, 0.1) is 21.5 Å². The van der Waals surface area contributed by atoms with E-state index >= 15 is 0 Å². The van der Waals surface area contributed by atoms with Gasteiger partial charge in [-0.2, -0.15) is 0 Å². The SMILES string of the molecule is Cc1ccc(/C=C/c2nc(-c3ccccc3)c(C(=O)[O-])s2)cc1[N+](=O)[O-]. The molecule has 0 spiro atoms. The van der Waals surface area contributed by atoms with E-state index < -0.39 is 10.9 Å². The van der Waals surface area contributed by atoms with Crippen molar-refractivity contribution >= 4 is 35.1 Å². The lowest BCUT2D eigenvalue weighted by Gasteiger charge is -2.01. The molecule has 0 bridgehead atoms. The summed E-state index contributed by atoms with van der Waals surface area (Å²) in [6, 6.07) is 13.9. The van der Waals surface area contributed by atoms with Gasteiger partial charge in [-0.05, 0) is 18.6 Å². The number of aromatic carboxylic acids is 1. The number of aryl methyl sites for hydroxylation is 1. The van der Waals surface area contributed by atoms with Crippen molar-refractivity contribution in [3.63, 3.8) is 0 Å². The van der Waals surface area contributed by atoms with Gasteiger partial charge in [0.2, 0.25) is 0 Å². The van der Waals surface area contributed by atoms with Crippen molar-refractivity contribution in [2.24, 2.45) is 0 Å². The van der Waals surface area contributed by atoms with Crippen LogP contribution in [0.25, 0.3) is 23.4 Å². The van der Waals surface area contributed by atoms with E-state index in [0.717, 1.165) is 11.3 Å². The van der Waals surface area contributed by atoms with Gasteiger partial charge in [-0.15, -0.1) is 11.3 Å². The van der Waals surface area contributed by atoms with Gasteiger partial charge < -0.3 is 9.90 Å². The molecule has 26 heavy (non-hydrogen) atoms. The highest BCUT2D eigenvalue weighted by Crippen LogP contribution is 2.29. The number of rotatable bonds is 5. The van der Waals surface area contributed by atoms with E-state index in [1.165, 1.54) is 6.07 Å². The molecule has 7 heteroatoms. The normalized spacial score (nSPS) is 11.0. The van der Waals surface area contributed by atoms with E-state index in [-0.39, 0.29) is 10.6 Å². The summed E-state index contributed by atoms with van der Waals surface area (Å²) in [6.45, 7) is 1.67. The zero-order valence-electron chi connectivity index (χ0n) is 13.7. The zero-order valence-corrected chi connectivity index (χ0v) is 14.5. The molecule has 0 aliphatic rings. The van der Waals surface area contributed by atoms with Gasteiger partial charge in [0.1, 0.15) is 5.01 Å². The van der Waals surface area contributed by atoms with Crippen LogP contribution >= 0.6 is 11.3 Å². The number of nitro groups is 1. The molecule has 6 nitrogen and oxygen atoms in total. The van der Waals surface area contributed by atoms with Gasteiger partial charge >= 0.3 is 0 Å². The summed E-state index contributed by atoms with van der Waals surface area (Å²) in [5, 5.41) is 22.9. The summed E-state index contributed by atoms with van der Waals surface area (Å²) in [4.78, 5) is 26.4. The molecule has 130 valence electrons. The predicted octanol–water partition coefficient (Wildman–Crippen LogP) is 3.56. The molecule has 0 fully saturated rings. The Balaban J connectivity index is 1.96. The Kier molecular flexibility index (Phi) is 4.90. The maximum absolute atomic E-state index is 11.4. The van der Waals surface area contributed by atoms with Crippen LogP contribution in [-0.2, 0) is 0 Å². The fourth-order valence-electron chi connectivity index (χ4n) is 2.43. The first-order valence-corrected chi connectivity index (χ1v) is 8.48. The van der Waals surface area contributed by atoms with Gasteiger partial charge in [0.25, 0.3) is 5.69 Å². The van der Waals surface area contributed by atoms with Gasteiger partial charge in [-0.1, -0.05) is 48.5 Å². The van der Waals surface area contributed by atoms with Gasteiger partial charge in [0.15, 0.2) is 0 Å². The molecular weight excluding hydrogens is 352 g/mol. The minimum absolute atomic E-state index is 0.0340. The van der Waals surface area contributed by atoms with E-state index in [2.05, 4.69) is 4.98 Å². The molecule has 0 aliphatic heterocycles. The summed E-state index contributed by atoms with van der Waals surface area (Å²) in [7, 11) is 0. The van der Waals surface area contributed by atoms with E-state index in [1.54, 1.807) is 55.5 Å². The Labute approximate surface area is 153 Å². The standard InChI is InChI=1S/C19H14N2O4S/c1-12-7-8-13(11-15(12)21(24)25)9-10-16-20-17(18(26-16)19(22)23)14-5-3-2-4-6-14/h2-11H,1H3,(H,22,23)/p-1/b10-9+. The van der Waals surface area contributed by atoms with E-state index in [1.807, 2.05) is 6.07 Å². The zero-order chi connectivity index (χ0) is 18.7. The number of carboxylic acid groups (broad SMARTS) is 1. The summed E-state index contributed by atoms with van der Waals surface area (Å²) in [6.07, 6.45) is 3.30. The third kappa shape index (κ3) is 3.68. The highest BCUT2D eigenvalue weighted by Gasteiger charge is 2.13. The number of nitrogens with zero attached hydrogens (tertiary/aromatic N) is 2. The van der Waals surface area contributed by atoms with Crippen LogP contribution in [0, 0.1) is 17.0 Å². The van der Waals surface area contributed by atoms with E-state index in [4.69, 9.17) is 0 Å². The molecule has 0 aliphatic carbocycles. The highest BCUT2D eigenvalue weighted by atomic mass is 32.1. The number of hydrogen-bond acceptors (Lipinski definition) is 6. The predicted molar refractivity (Wildman–Crippen MR) is 98.6 cm³/mol. The summed E-state index contributed by atoms with van der Waals surface area (Å²) < 4.78 is 0. The van der Waals surface area contributed by atoms with Crippen LogP contribution in [0.5, 0.6) is 0 Å². The minimum Gasteiger partial charge on any atom is -0.544 e. The molecule has 0 saturated heterocycles. The second kappa shape index (κ2) is 7.28. The number of benzene rings is 2. The third-order valence-electron chi connectivity index (χ3n) is 3.72. The van der Waals surface area contributed by atoms with Crippen molar-refractivity contribution in [1.82, 2.24) is 4.98 Å². The number of nitro benzene ring substituents is 1. The van der Waals surface area contributed by atoms with Gasteiger partial charge in [-0.3, -0.25) is 10.1 Å². The van der Waals surface area contributed by atoms with E-state index in [0.29, 0.717) is 27.4 Å². The first-order valence-electron chi connectivity index (χ1n) is 7.66. The first kappa shape index (κ1) is 17.5. The number of carbonyl (C=O) groups excluding carboxylic acids is 1. The Morgan fingerprint density at radius 2 is 1.88 bits per heavy atom. The average molecular weight is 365 g/mol. The second-order valence-corrected chi connectivity index (χ2v) is 6.55. The summed E-state index contributed by atoms with van der Waals surface area (Å²) >= 11 is 1.00. The molecule has 0 saturated carbocycles. The van der Waals surface area contributed by atoms with Crippen LogP contribution in [0.1, 0.15) is 25.8 Å². The van der Waals surface area contributed by atoms with Gasteiger partial charge in [0, 0.05) is 17.2 Å². The Morgan fingerprint density at radius 3 is 2.54 bits per heavy atom. The number of hydrogen-bond donors (Lipinski definition) is 0. The van der Waals surface area contributed by atoms with Crippen molar-refractivity contribution in [2.45, 2.75) is 6.92 Å². The van der Waals surface area contributed by atoms with Crippen LogP contribution in [0.4, 0.5) is 5.69 Å². The Bertz CT molecular complexity index is 1010. The second-order valence-electron chi connectivity index (χ2n) is 5.52. The van der Waals surface area contributed by atoms with Crippen molar-refractivity contribution < 1.29 is 14.8 Å². The van der Waals surface area contributed by atoms with E-state index in [9.17, 15) is 20.0 Å². The topological polar surface area (TPSA) is 96.2 Å². The molecule has 3 aromatic rings. The maximum Gasteiger partial charge on any atom is 0.272 e. The molecule has 2 aromatic carbocycles. The fraction of sp³-hybridized carbons (Fsp3) is 0.0526. The van der Waals surface area contributed by atoms with Crippen LogP contribution in [0.2, 0.25) is 0 Å². The van der Waals surface area contributed by atoms with Crippen LogP contribution < -0.4 is 5.11 Å². The fourth-order valence-corrected chi connectivity index (χ4v) is 3.26. The van der Waals surface area contributed by atoms with Crippen molar-refractivity contribution in [3.8, 4) is 11.3 Å². The number of aromatic nitrogens is 1. The lowest BCUT2D eigenvalue weighted by atomic mass is 10.1. The molecule has 0 N–H and O–H groups in total. The maximum atomic E-state index is 11.4. The number of thiazole rings is 1. The Morgan fingerprint density at radius 1 is 1.15 bits per heavy atom. The molecule has 0 unspecified atom stereocenters. The molecular formula is C19H13N2O4S-. The average Bonchev–Trinajstić information content (AvgIpc) is 3.06. The monoisotopic (exact) mass is 365 g/mol. The minimum atomic E-state index is -1.29. The molecule has 0 amide bonds. The van der Waals surface area contributed by atoms with Gasteiger partial charge in [-0.25, -0.2) is 4.98 Å².